The van der Waals surface area contributed by atoms with E-state index in [1.807, 2.05) is 0 Å². The number of amides is 1. The Morgan fingerprint density at radius 1 is 1.30 bits per heavy atom. The molecule has 0 saturated heterocycles. The number of aromatic nitrogens is 1. The number of ether oxygens (including phenoxy) is 1. The molecule has 1 aromatic carbocycles. The maximum atomic E-state index is 13.5. The molecule has 2 aromatic rings. The molecule has 1 aliphatic carbocycles. The Morgan fingerprint density at radius 2 is 2.13 bits per heavy atom. The maximum Gasteiger partial charge on any atom is 0.262 e. The van der Waals surface area contributed by atoms with Gasteiger partial charge in [-0.3, -0.25) is 9.78 Å². The highest BCUT2D eigenvalue weighted by Crippen LogP contribution is 2.27. The van der Waals surface area contributed by atoms with Crippen LogP contribution in [0.5, 0.6) is 5.75 Å². The van der Waals surface area contributed by atoms with Crippen LogP contribution >= 0.6 is 0 Å². The van der Waals surface area contributed by atoms with Gasteiger partial charge in [-0.2, -0.15) is 0 Å². The molecule has 4 nitrogen and oxygen atoms in total. The number of carbonyl (C=O) groups excluding carboxylic acids is 1. The van der Waals surface area contributed by atoms with E-state index in [9.17, 15) is 9.18 Å². The fourth-order valence-corrected chi connectivity index (χ4v) is 2.74. The van der Waals surface area contributed by atoms with Gasteiger partial charge in [-0.05, 0) is 56.4 Å². The maximum absolute atomic E-state index is 13.5. The van der Waals surface area contributed by atoms with Crippen LogP contribution in [0, 0.1) is 12.7 Å². The van der Waals surface area contributed by atoms with Gasteiger partial charge < -0.3 is 10.1 Å². The Bertz CT molecular complexity index is 731. The van der Waals surface area contributed by atoms with Crippen molar-refractivity contribution in [2.75, 3.05) is 11.9 Å². The van der Waals surface area contributed by atoms with Crippen molar-refractivity contribution in [2.45, 2.75) is 32.6 Å². The number of rotatable bonds is 4. The third-order valence-corrected chi connectivity index (χ3v) is 4.01. The van der Waals surface area contributed by atoms with E-state index in [2.05, 4.69) is 10.3 Å². The summed E-state index contributed by atoms with van der Waals surface area (Å²) in [7, 11) is 0. The first kappa shape index (κ1) is 15.5. The number of anilines is 1. The van der Waals surface area contributed by atoms with Crippen LogP contribution in [0.25, 0.3) is 0 Å². The minimum Gasteiger partial charge on any atom is -0.483 e. The number of nitrogens with zero attached hydrogens (tertiary/aromatic N) is 1. The summed E-state index contributed by atoms with van der Waals surface area (Å²) in [5, 5.41) is 2.64. The lowest BCUT2D eigenvalue weighted by molar-refractivity contribution is -0.118. The molecule has 1 aliphatic rings. The number of nitrogens with one attached hydrogen (secondary N) is 1. The topological polar surface area (TPSA) is 51.2 Å². The number of halogens is 1. The van der Waals surface area contributed by atoms with Gasteiger partial charge in [-0.1, -0.05) is 6.07 Å². The van der Waals surface area contributed by atoms with E-state index < -0.39 is 0 Å². The van der Waals surface area contributed by atoms with Crippen LogP contribution in [0.2, 0.25) is 0 Å². The fraction of sp³-hybridized carbons (Fsp3) is 0.333. The zero-order valence-corrected chi connectivity index (χ0v) is 13.1. The Labute approximate surface area is 134 Å². The second kappa shape index (κ2) is 6.77. The summed E-state index contributed by atoms with van der Waals surface area (Å²) in [4.78, 5) is 16.3. The van der Waals surface area contributed by atoms with Crippen LogP contribution < -0.4 is 10.1 Å². The largest absolute Gasteiger partial charge is 0.483 e. The van der Waals surface area contributed by atoms with Crippen molar-refractivity contribution < 1.29 is 13.9 Å². The first-order valence-electron chi connectivity index (χ1n) is 7.79. The first-order valence-corrected chi connectivity index (χ1v) is 7.79. The average molecular weight is 314 g/mol. The number of benzene rings is 1. The van der Waals surface area contributed by atoms with E-state index in [0.717, 1.165) is 42.7 Å². The highest BCUT2D eigenvalue weighted by molar-refractivity contribution is 5.91. The molecule has 0 fully saturated rings. The summed E-state index contributed by atoms with van der Waals surface area (Å²) in [6.07, 6.45) is 5.87. The third-order valence-electron chi connectivity index (χ3n) is 4.01. The summed E-state index contributed by atoms with van der Waals surface area (Å²) in [6.45, 7) is 1.57. The van der Waals surface area contributed by atoms with E-state index in [4.69, 9.17) is 4.74 Å². The Morgan fingerprint density at radius 3 is 2.96 bits per heavy atom. The van der Waals surface area contributed by atoms with E-state index >= 15 is 0 Å². The van der Waals surface area contributed by atoms with Crippen molar-refractivity contribution >= 4 is 11.6 Å². The summed E-state index contributed by atoms with van der Waals surface area (Å²) in [6, 6.07) is 6.40. The second-order valence-corrected chi connectivity index (χ2v) is 5.74. The molecule has 1 aromatic heterocycles. The molecule has 5 heteroatoms. The molecule has 0 unspecified atom stereocenters. The van der Waals surface area contributed by atoms with Gasteiger partial charge in [0.25, 0.3) is 5.91 Å². The molecule has 1 N–H and O–H groups in total. The SMILES string of the molecule is Cc1ccc(NC(=O)COc2ccnc3c2CCCC3)cc1F. The molecule has 0 atom stereocenters. The van der Waals surface area contributed by atoms with E-state index in [1.54, 1.807) is 31.3 Å². The van der Waals surface area contributed by atoms with Crippen LogP contribution in [-0.2, 0) is 17.6 Å². The van der Waals surface area contributed by atoms with E-state index in [1.165, 1.54) is 6.07 Å². The van der Waals surface area contributed by atoms with Crippen molar-refractivity contribution in [3.8, 4) is 5.75 Å². The predicted molar refractivity (Wildman–Crippen MR) is 86.1 cm³/mol. The van der Waals surface area contributed by atoms with Gasteiger partial charge in [0, 0.05) is 23.1 Å². The molecule has 0 spiro atoms. The number of hydrogen-bond acceptors (Lipinski definition) is 3. The van der Waals surface area contributed by atoms with Crippen LogP contribution in [0.4, 0.5) is 10.1 Å². The van der Waals surface area contributed by atoms with Crippen molar-refractivity contribution in [3.63, 3.8) is 0 Å². The van der Waals surface area contributed by atoms with Crippen LogP contribution in [0.1, 0.15) is 29.7 Å². The minimum absolute atomic E-state index is 0.105. The lowest BCUT2D eigenvalue weighted by Crippen LogP contribution is -2.21. The zero-order valence-electron chi connectivity index (χ0n) is 13.1. The fourth-order valence-electron chi connectivity index (χ4n) is 2.74. The molecule has 23 heavy (non-hydrogen) atoms. The minimum atomic E-state index is -0.341. The molecular weight excluding hydrogens is 295 g/mol. The first-order chi connectivity index (χ1) is 11.1. The standard InChI is InChI=1S/C18H19FN2O2/c1-12-6-7-13(10-15(12)19)21-18(22)11-23-17-8-9-20-16-5-3-2-4-14(16)17/h6-10H,2-5,11H2,1H3,(H,21,22). The lowest BCUT2D eigenvalue weighted by atomic mass is 9.95. The van der Waals surface area contributed by atoms with Gasteiger partial charge in [0.1, 0.15) is 11.6 Å². The number of pyridine rings is 1. The summed E-state index contributed by atoms with van der Waals surface area (Å²) < 4.78 is 19.1. The van der Waals surface area contributed by atoms with Crippen LogP contribution in [0.3, 0.4) is 0 Å². The van der Waals surface area contributed by atoms with Gasteiger partial charge in [-0.15, -0.1) is 0 Å². The summed E-state index contributed by atoms with van der Waals surface area (Å²) in [5.74, 6) is 0.0708. The molecule has 0 saturated carbocycles. The van der Waals surface area contributed by atoms with E-state index in [0.29, 0.717) is 11.3 Å². The smallest absolute Gasteiger partial charge is 0.262 e. The molecule has 0 aliphatic heterocycles. The van der Waals surface area contributed by atoms with E-state index in [-0.39, 0.29) is 18.3 Å². The second-order valence-electron chi connectivity index (χ2n) is 5.74. The average Bonchev–Trinajstić information content (AvgIpc) is 2.56. The predicted octanol–water partition coefficient (Wildman–Crippen LogP) is 3.43. The third kappa shape index (κ3) is 3.67. The Hall–Kier alpha value is -2.43. The number of aryl methyl sites for hydroxylation is 2. The Kier molecular flexibility index (Phi) is 4.55. The molecule has 120 valence electrons. The molecule has 0 radical (unpaired) electrons. The molecule has 1 heterocycles. The van der Waals surface area contributed by atoms with Gasteiger partial charge in [0.05, 0.1) is 0 Å². The monoisotopic (exact) mass is 314 g/mol. The zero-order chi connectivity index (χ0) is 16.2. The van der Waals surface area contributed by atoms with Crippen molar-refractivity contribution in [1.29, 1.82) is 0 Å². The van der Waals surface area contributed by atoms with Gasteiger partial charge >= 0.3 is 0 Å². The van der Waals surface area contributed by atoms with Crippen LogP contribution in [-0.4, -0.2) is 17.5 Å². The Balaban J connectivity index is 1.62. The number of fused-ring (bicyclic) bond motifs is 1. The summed E-state index contributed by atoms with van der Waals surface area (Å²) in [5.41, 5.74) is 3.14. The molecular formula is C18H19FN2O2. The quantitative estimate of drug-likeness (QED) is 0.940. The molecule has 1 amide bonds. The molecule has 0 bridgehead atoms. The van der Waals surface area contributed by atoms with Gasteiger partial charge in [-0.25, -0.2) is 4.39 Å². The van der Waals surface area contributed by atoms with Crippen molar-refractivity contribution in [3.05, 3.63) is 53.1 Å². The van der Waals surface area contributed by atoms with Crippen molar-refractivity contribution in [1.82, 2.24) is 4.98 Å². The molecule has 3 rings (SSSR count). The summed E-state index contributed by atoms with van der Waals surface area (Å²) >= 11 is 0. The van der Waals surface area contributed by atoms with Gasteiger partial charge in [0.2, 0.25) is 0 Å². The van der Waals surface area contributed by atoms with Crippen molar-refractivity contribution in [2.24, 2.45) is 0 Å². The van der Waals surface area contributed by atoms with Gasteiger partial charge in [0.15, 0.2) is 6.61 Å². The lowest BCUT2D eigenvalue weighted by Gasteiger charge is -2.18. The highest BCUT2D eigenvalue weighted by Gasteiger charge is 2.16. The normalized spacial score (nSPS) is 13.3. The van der Waals surface area contributed by atoms with Crippen LogP contribution in [0.15, 0.2) is 30.5 Å². The number of hydrogen-bond donors (Lipinski definition) is 1. The number of carbonyl (C=O) groups is 1. The highest BCUT2D eigenvalue weighted by atomic mass is 19.1.